The van der Waals surface area contributed by atoms with Gasteiger partial charge in [0.2, 0.25) is 0 Å². The van der Waals surface area contributed by atoms with Crippen LogP contribution in [0.5, 0.6) is 0 Å². The van der Waals surface area contributed by atoms with Crippen molar-refractivity contribution in [2.75, 3.05) is 16.7 Å². The first kappa shape index (κ1) is 20.9. The molecule has 0 aliphatic heterocycles. The molecule has 0 saturated carbocycles. The van der Waals surface area contributed by atoms with E-state index in [1.165, 1.54) is 41.2 Å². The van der Waals surface area contributed by atoms with Crippen LogP contribution in [0.1, 0.15) is 22.8 Å². The van der Waals surface area contributed by atoms with Gasteiger partial charge in [-0.05, 0) is 72.6 Å². The molecule has 7 heteroatoms. The van der Waals surface area contributed by atoms with Crippen LogP contribution < -0.4 is 9.62 Å². The van der Waals surface area contributed by atoms with E-state index in [2.05, 4.69) is 12.2 Å². The minimum absolute atomic E-state index is 0.141. The Balaban J connectivity index is 1.74. The summed E-state index contributed by atoms with van der Waals surface area (Å²) in [6.45, 7) is 2.07. The van der Waals surface area contributed by atoms with E-state index >= 15 is 0 Å². The number of halogens is 1. The number of nitrogens with one attached hydrogen (secondary N) is 1. The summed E-state index contributed by atoms with van der Waals surface area (Å²) in [6, 6.07) is 20.0. The Morgan fingerprint density at radius 1 is 0.931 bits per heavy atom. The van der Waals surface area contributed by atoms with Gasteiger partial charge >= 0.3 is 0 Å². The molecule has 29 heavy (non-hydrogen) atoms. The summed E-state index contributed by atoms with van der Waals surface area (Å²) >= 11 is 5.83. The highest BCUT2D eigenvalue weighted by atomic mass is 35.5. The fourth-order valence-corrected chi connectivity index (χ4v) is 4.07. The Morgan fingerprint density at radius 3 is 2.07 bits per heavy atom. The van der Waals surface area contributed by atoms with E-state index in [4.69, 9.17) is 11.6 Å². The van der Waals surface area contributed by atoms with Crippen molar-refractivity contribution < 1.29 is 13.2 Å². The molecule has 0 saturated heterocycles. The van der Waals surface area contributed by atoms with Crippen LogP contribution in [0.3, 0.4) is 0 Å². The SMILES string of the molecule is CCc1ccc(NC(=O)c2ccc(N(C)S(=O)(=O)c3ccc(Cl)cc3)cc2)cc1. The highest BCUT2D eigenvalue weighted by Gasteiger charge is 2.21. The largest absolute Gasteiger partial charge is 0.322 e. The lowest BCUT2D eigenvalue weighted by molar-refractivity contribution is 0.102. The smallest absolute Gasteiger partial charge is 0.264 e. The highest BCUT2D eigenvalue weighted by molar-refractivity contribution is 7.92. The van der Waals surface area contributed by atoms with Crippen LogP contribution in [0, 0.1) is 0 Å². The second-order valence-corrected chi connectivity index (χ2v) is 8.88. The number of carbonyl (C=O) groups is 1. The summed E-state index contributed by atoms with van der Waals surface area (Å²) < 4.78 is 26.7. The molecule has 0 aliphatic rings. The molecule has 0 heterocycles. The normalized spacial score (nSPS) is 11.1. The number of anilines is 2. The van der Waals surface area contributed by atoms with E-state index in [1.54, 1.807) is 24.3 Å². The van der Waals surface area contributed by atoms with Gasteiger partial charge in [0.25, 0.3) is 15.9 Å². The van der Waals surface area contributed by atoms with Crippen molar-refractivity contribution in [2.45, 2.75) is 18.2 Å². The van der Waals surface area contributed by atoms with Crippen molar-refractivity contribution in [1.29, 1.82) is 0 Å². The van der Waals surface area contributed by atoms with Gasteiger partial charge in [0.1, 0.15) is 0 Å². The molecule has 0 bridgehead atoms. The average molecular weight is 429 g/mol. The Labute approximate surface area is 176 Å². The fraction of sp³-hybridized carbons (Fsp3) is 0.136. The Bertz CT molecular complexity index is 1090. The molecule has 0 aliphatic carbocycles. The number of hydrogen-bond acceptors (Lipinski definition) is 3. The topological polar surface area (TPSA) is 66.5 Å². The first-order chi connectivity index (χ1) is 13.8. The van der Waals surface area contributed by atoms with Crippen LogP contribution in [-0.4, -0.2) is 21.4 Å². The van der Waals surface area contributed by atoms with Gasteiger partial charge in [-0.1, -0.05) is 30.7 Å². The maximum Gasteiger partial charge on any atom is 0.264 e. The summed E-state index contributed by atoms with van der Waals surface area (Å²) in [5, 5.41) is 3.30. The summed E-state index contributed by atoms with van der Waals surface area (Å²) in [5.41, 5.74) is 2.78. The number of rotatable bonds is 6. The Hall–Kier alpha value is -2.83. The van der Waals surface area contributed by atoms with Crippen molar-refractivity contribution in [2.24, 2.45) is 0 Å². The van der Waals surface area contributed by atoms with Gasteiger partial charge in [-0.15, -0.1) is 0 Å². The average Bonchev–Trinajstić information content (AvgIpc) is 2.74. The molecule has 3 rings (SSSR count). The van der Waals surface area contributed by atoms with Crippen molar-refractivity contribution >= 4 is 38.9 Å². The number of amides is 1. The molecule has 0 spiro atoms. The van der Waals surface area contributed by atoms with Gasteiger partial charge < -0.3 is 5.32 Å². The van der Waals surface area contributed by atoms with Crippen LogP contribution in [0.4, 0.5) is 11.4 Å². The molecule has 0 atom stereocenters. The molecule has 0 aromatic heterocycles. The summed E-state index contributed by atoms with van der Waals surface area (Å²) in [4.78, 5) is 12.6. The van der Waals surface area contributed by atoms with E-state index in [-0.39, 0.29) is 10.8 Å². The van der Waals surface area contributed by atoms with Gasteiger partial charge in [0, 0.05) is 23.3 Å². The van der Waals surface area contributed by atoms with E-state index in [0.29, 0.717) is 22.0 Å². The highest BCUT2D eigenvalue weighted by Crippen LogP contribution is 2.24. The molecule has 5 nitrogen and oxygen atoms in total. The predicted molar refractivity (Wildman–Crippen MR) is 117 cm³/mol. The predicted octanol–water partition coefficient (Wildman–Crippen LogP) is 4.98. The molecule has 0 unspecified atom stereocenters. The maximum absolute atomic E-state index is 12.8. The van der Waals surface area contributed by atoms with E-state index < -0.39 is 10.0 Å². The third-order valence-corrected chi connectivity index (χ3v) is 6.64. The monoisotopic (exact) mass is 428 g/mol. The lowest BCUT2D eigenvalue weighted by Crippen LogP contribution is -2.26. The molecule has 0 radical (unpaired) electrons. The summed E-state index contributed by atoms with van der Waals surface area (Å²) in [7, 11) is -2.26. The van der Waals surface area contributed by atoms with E-state index in [9.17, 15) is 13.2 Å². The zero-order valence-electron chi connectivity index (χ0n) is 16.1. The van der Waals surface area contributed by atoms with Gasteiger partial charge in [0.15, 0.2) is 0 Å². The Kier molecular flexibility index (Phi) is 6.25. The minimum Gasteiger partial charge on any atom is -0.322 e. The first-order valence-electron chi connectivity index (χ1n) is 9.06. The number of sulfonamides is 1. The van der Waals surface area contributed by atoms with Crippen LogP contribution >= 0.6 is 11.6 Å². The number of hydrogen-bond donors (Lipinski definition) is 1. The molecule has 3 aromatic carbocycles. The molecule has 1 amide bonds. The summed E-state index contributed by atoms with van der Waals surface area (Å²) in [6.07, 6.45) is 0.933. The van der Waals surface area contributed by atoms with E-state index in [1.807, 2.05) is 24.3 Å². The van der Waals surface area contributed by atoms with Crippen molar-refractivity contribution in [3.8, 4) is 0 Å². The summed E-state index contributed by atoms with van der Waals surface area (Å²) in [5.74, 6) is -0.260. The fourth-order valence-electron chi connectivity index (χ4n) is 2.75. The lowest BCUT2D eigenvalue weighted by Gasteiger charge is -2.20. The Morgan fingerprint density at radius 2 is 1.52 bits per heavy atom. The van der Waals surface area contributed by atoms with Crippen LogP contribution in [0.25, 0.3) is 0 Å². The molecule has 150 valence electrons. The second-order valence-electron chi connectivity index (χ2n) is 6.48. The number of aryl methyl sites for hydroxylation is 1. The van der Waals surface area contributed by atoms with Crippen LogP contribution in [-0.2, 0) is 16.4 Å². The first-order valence-corrected chi connectivity index (χ1v) is 10.9. The third kappa shape index (κ3) is 4.78. The van der Waals surface area contributed by atoms with Gasteiger partial charge in [-0.25, -0.2) is 8.42 Å². The number of carbonyl (C=O) groups excluding carboxylic acids is 1. The zero-order valence-corrected chi connectivity index (χ0v) is 17.7. The third-order valence-electron chi connectivity index (χ3n) is 4.59. The molecule has 1 N–H and O–H groups in total. The molecular formula is C22H21ClN2O3S. The van der Waals surface area contributed by atoms with E-state index in [0.717, 1.165) is 6.42 Å². The molecular weight excluding hydrogens is 408 g/mol. The second kappa shape index (κ2) is 8.68. The maximum atomic E-state index is 12.8. The zero-order chi connectivity index (χ0) is 21.0. The molecule has 3 aromatic rings. The lowest BCUT2D eigenvalue weighted by atomic mass is 10.1. The minimum atomic E-state index is -3.72. The quantitative estimate of drug-likeness (QED) is 0.602. The standard InChI is InChI=1S/C22H21ClN2O3S/c1-3-16-4-10-19(11-5-16)24-22(26)17-6-12-20(13-7-17)25(2)29(27,28)21-14-8-18(23)9-15-21/h4-15H,3H2,1-2H3,(H,24,26). The van der Waals surface area contributed by atoms with Gasteiger partial charge in [-0.2, -0.15) is 0 Å². The van der Waals surface area contributed by atoms with Crippen molar-refractivity contribution in [3.63, 3.8) is 0 Å². The van der Waals surface area contributed by atoms with Gasteiger partial charge in [-0.3, -0.25) is 9.10 Å². The van der Waals surface area contributed by atoms with Crippen LogP contribution in [0.15, 0.2) is 77.7 Å². The van der Waals surface area contributed by atoms with Crippen molar-refractivity contribution in [1.82, 2.24) is 0 Å². The van der Waals surface area contributed by atoms with Crippen LogP contribution in [0.2, 0.25) is 5.02 Å². The van der Waals surface area contributed by atoms with Crippen molar-refractivity contribution in [3.05, 3.63) is 88.9 Å². The van der Waals surface area contributed by atoms with Gasteiger partial charge in [0.05, 0.1) is 10.6 Å². The molecule has 0 fully saturated rings. The number of nitrogens with zero attached hydrogens (tertiary/aromatic N) is 1. The number of benzene rings is 3.